The predicted octanol–water partition coefficient (Wildman–Crippen LogP) is 7.71. The summed E-state index contributed by atoms with van der Waals surface area (Å²) < 4.78 is 4.57. The van der Waals surface area contributed by atoms with Gasteiger partial charge in [-0.2, -0.15) is 0 Å². The number of carboxylic acid groups (broad SMARTS) is 1. The van der Waals surface area contributed by atoms with Gasteiger partial charge in [0.05, 0.1) is 28.8 Å². The van der Waals surface area contributed by atoms with Crippen molar-refractivity contribution in [3.63, 3.8) is 0 Å². The molecule has 2 heterocycles. The van der Waals surface area contributed by atoms with E-state index in [1.165, 1.54) is 62.8 Å². The molecule has 2 aliphatic heterocycles. The summed E-state index contributed by atoms with van der Waals surface area (Å²) in [5.74, 6) is -0.125. The molecular formula is C40H53N3O7. The fraction of sp³-hybridized carbons (Fsp3) is 0.400. The van der Waals surface area contributed by atoms with Crippen LogP contribution in [0.4, 0.5) is 5.69 Å². The molecule has 1 fully saturated rings. The van der Waals surface area contributed by atoms with E-state index in [4.69, 9.17) is 10.2 Å². The fourth-order valence-corrected chi connectivity index (χ4v) is 5.45. The number of nitrogens with one attached hydrogen (secondary N) is 1. The number of aliphatic hydroxyl groups is 1. The number of methoxy groups -OCH3 is 1. The van der Waals surface area contributed by atoms with Crippen LogP contribution < -0.4 is 5.32 Å². The summed E-state index contributed by atoms with van der Waals surface area (Å²) in [7, 11) is 1.27. The molecule has 50 heavy (non-hydrogen) atoms. The Labute approximate surface area is 296 Å². The number of carbonyl (C=O) groups is 2. The molecule has 10 nitrogen and oxygen atoms in total. The number of benzene rings is 3. The smallest absolute Gasteiger partial charge is 0.335 e. The maximum Gasteiger partial charge on any atom is 0.335 e. The molecule has 0 saturated carbocycles. The molecule has 3 aromatic carbocycles. The Kier molecular flexibility index (Phi) is 17.1. The molecule has 0 radical (unpaired) electrons. The number of esters is 1. The number of non-ortho nitro benzene ring substituents is 1. The Morgan fingerprint density at radius 1 is 0.920 bits per heavy atom. The molecule has 0 amide bonds. The highest BCUT2D eigenvalue weighted by atomic mass is 16.6. The quantitative estimate of drug-likeness (QED) is 0.123. The molecule has 0 spiro atoms. The number of carboxylic acids is 1. The van der Waals surface area contributed by atoms with Crippen LogP contribution in [0.3, 0.4) is 0 Å². The fourth-order valence-electron chi connectivity index (χ4n) is 5.45. The average molecular weight is 688 g/mol. The Bertz CT molecular complexity index is 1520. The first-order valence-electron chi connectivity index (χ1n) is 16.8. The van der Waals surface area contributed by atoms with E-state index in [1.54, 1.807) is 52.8 Å². The van der Waals surface area contributed by atoms with Crippen LogP contribution in [0.25, 0.3) is 0 Å². The Morgan fingerprint density at radius 3 is 1.76 bits per heavy atom. The van der Waals surface area contributed by atoms with E-state index in [1.807, 2.05) is 0 Å². The zero-order valence-electron chi connectivity index (χ0n) is 30.4. The van der Waals surface area contributed by atoms with Gasteiger partial charge in [-0.15, -0.1) is 0 Å². The zero-order valence-corrected chi connectivity index (χ0v) is 30.4. The molecule has 3 N–H and O–H groups in total. The van der Waals surface area contributed by atoms with Crippen LogP contribution in [0.5, 0.6) is 0 Å². The van der Waals surface area contributed by atoms with E-state index in [2.05, 4.69) is 82.5 Å². The molecule has 10 heteroatoms. The average Bonchev–Trinajstić information content (AvgIpc) is 3.50. The number of ether oxygens (including phenoxy) is 1. The van der Waals surface area contributed by atoms with Gasteiger partial charge in [-0.3, -0.25) is 10.1 Å². The molecule has 5 rings (SSSR count). The van der Waals surface area contributed by atoms with Crippen molar-refractivity contribution in [1.82, 2.24) is 10.2 Å². The minimum atomic E-state index is -1.02. The van der Waals surface area contributed by atoms with Gasteiger partial charge in [0.15, 0.2) is 0 Å². The van der Waals surface area contributed by atoms with Crippen LogP contribution in [0.2, 0.25) is 0 Å². The molecule has 1 atom stereocenters. The summed E-state index contributed by atoms with van der Waals surface area (Å²) >= 11 is 0. The van der Waals surface area contributed by atoms with Gasteiger partial charge in [-0.25, -0.2) is 9.59 Å². The van der Waals surface area contributed by atoms with Crippen molar-refractivity contribution in [2.45, 2.75) is 72.3 Å². The summed E-state index contributed by atoms with van der Waals surface area (Å²) in [5.41, 5.74) is 4.28. The lowest BCUT2D eigenvalue weighted by atomic mass is 9.88. The number of carbonyl (C=O) groups excluding carboxylic acids is 1. The van der Waals surface area contributed by atoms with E-state index in [9.17, 15) is 19.7 Å². The lowest BCUT2D eigenvalue weighted by Gasteiger charge is -2.22. The molecule has 0 bridgehead atoms. The second-order valence-corrected chi connectivity index (χ2v) is 13.4. The highest BCUT2D eigenvalue weighted by Gasteiger charge is 2.25. The van der Waals surface area contributed by atoms with E-state index < -0.39 is 22.5 Å². The van der Waals surface area contributed by atoms with Crippen LogP contribution >= 0.6 is 0 Å². The van der Waals surface area contributed by atoms with Crippen LogP contribution in [0.1, 0.15) is 77.8 Å². The normalized spacial score (nSPS) is 15.7. The molecule has 2 aliphatic rings. The van der Waals surface area contributed by atoms with Crippen LogP contribution in [0, 0.1) is 16.0 Å². The second-order valence-electron chi connectivity index (χ2n) is 13.4. The minimum absolute atomic E-state index is 0.104. The van der Waals surface area contributed by atoms with Crippen molar-refractivity contribution in [3.05, 3.63) is 135 Å². The zero-order chi connectivity index (χ0) is 37.3. The van der Waals surface area contributed by atoms with Gasteiger partial charge in [0.2, 0.25) is 0 Å². The number of nitro groups is 1. The number of aliphatic carboxylic acids is 1. The molecule has 3 aromatic rings. The van der Waals surface area contributed by atoms with E-state index in [-0.39, 0.29) is 17.7 Å². The Morgan fingerprint density at radius 2 is 1.38 bits per heavy atom. The highest BCUT2D eigenvalue weighted by Crippen LogP contribution is 2.29. The van der Waals surface area contributed by atoms with Crippen LogP contribution in [0.15, 0.2) is 114 Å². The standard InChI is InChI=1S/C20H25N.C10H13NO4.C6H5NO2.C4H10O/c1-17-12-14-21(16-17)15-13-20(18-8-4-2-5-9-18)19-10-6-3-7-11-19;1-5-7(9(12)13)4-8(6(2)11-5)10(14)15-3;8-7(9)6-4-2-1-3-5-6;1-4(2,3)5/h2-11,17,20H,12-16H2,1H3;11H,4H2,1-3H3,(H,12,13);1-5H;5H,1-3H3. The third kappa shape index (κ3) is 15.2. The molecule has 1 saturated heterocycles. The summed E-state index contributed by atoms with van der Waals surface area (Å²) in [4.78, 5) is 34.4. The Hall–Kier alpha value is -4.80. The summed E-state index contributed by atoms with van der Waals surface area (Å²) in [6.45, 7) is 14.7. The van der Waals surface area contributed by atoms with Gasteiger partial charge in [-0.1, -0.05) is 85.8 Å². The maximum absolute atomic E-state index is 11.3. The second kappa shape index (κ2) is 20.7. The molecular weight excluding hydrogens is 634 g/mol. The number of nitrogens with zero attached hydrogens (tertiary/aromatic N) is 2. The van der Waals surface area contributed by atoms with Crippen molar-refractivity contribution in [2.75, 3.05) is 26.7 Å². The van der Waals surface area contributed by atoms with Gasteiger partial charge in [0.25, 0.3) is 5.69 Å². The maximum atomic E-state index is 11.3. The third-order valence-electron chi connectivity index (χ3n) is 7.94. The molecule has 0 aliphatic carbocycles. The minimum Gasteiger partial charge on any atom is -0.478 e. The first-order chi connectivity index (χ1) is 23.6. The van der Waals surface area contributed by atoms with Crippen molar-refractivity contribution < 1.29 is 29.5 Å². The first-order valence-corrected chi connectivity index (χ1v) is 16.8. The van der Waals surface area contributed by atoms with Gasteiger partial charge in [0.1, 0.15) is 0 Å². The van der Waals surface area contributed by atoms with E-state index in [0.29, 0.717) is 22.9 Å². The number of allylic oxidation sites excluding steroid dienone is 2. The predicted molar refractivity (Wildman–Crippen MR) is 197 cm³/mol. The van der Waals surface area contributed by atoms with Crippen LogP contribution in [-0.4, -0.2) is 64.3 Å². The topological polar surface area (TPSA) is 142 Å². The number of rotatable bonds is 8. The van der Waals surface area contributed by atoms with Crippen molar-refractivity contribution in [2.24, 2.45) is 5.92 Å². The molecule has 0 aromatic heterocycles. The Balaban J connectivity index is 0.000000260. The lowest BCUT2D eigenvalue weighted by Crippen LogP contribution is -2.25. The summed E-state index contributed by atoms with van der Waals surface area (Å²) in [6, 6.07) is 29.8. The van der Waals surface area contributed by atoms with Crippen molar-refractivity contribution in [3.8, 4) is 0 Å². The monoisotopic (exact) mass is 687 g/mol. The summed E-state index contributed by atoms with van der Waals surface area (Å²) in [5, 5.41) is 30.3. The molecule has 270 valence electrons. The lowest BCUT2D eigenvalue weighted by molar-refractivity contribution is -0.384. The number of dihydropyridines is 1. The number of hydrogen-bond donors (Lipinski definition) is 3. The largest absolute Gasteiger partial charge is 0.478 e. The number of likely N-dealkylation sites (tertiary alicyclic amines) is 1. The van der Waals surface area contributed by atoms with Gasteiger partial charge < -0.3 is 25.2 Å². The third-order valence-corrected chi connectivity index (χ3v) is 7.94. The van der Waals surface area contributed by atoms with Gasteiger partial charge >= 0.3 is 11.9 Å². The van der Waals surface area contributed by atoms with E-state index >= 15 is 0 Å². The van der Waals surface area contributed by atoms with Gasteiger partial charge in [0, 0.05) is 42.4 Å². The molecule has 1 unspecified atom stereocenters. The number of hydrogen-bond acceptors (Lipinski definition) is 8. The van der Waals surface area contributed by atoms with Crippen molar-refractivity contribution in [1.29, 1.82) is 0 Å². The highest BCUT2D eigenvalue weighted by molar-refractivity contribution is 5.95. The van der Waals surface area contributed by atoms with Crippen LogP contribution in [-0.2, 0) is 14.3 Å². The number of para-hydroxylation sites is 1. The summed E-state index contributed by atoms with van der Waals surface area (Å²) in [6.07, 6.45) is 2.68. The van der Waals surface area contributed by atoms with Gasteiger partial charge in [-0.05, 0) is 77.6 Å². The van der Waals surface area contributed by atoms with Crippen molar-refractivity contribution >= 4 is 17.6 Å². The SMILES string of the molecule is CC(C)(C)O.CC1CCN(CCC(c2ccccc2)c2ccccc2)C1.COC(=O)C1=C(C)NC(C)=C(C(=O)O)C1.O=[N+]([O-])c1ccccc1. The first kappa shape index (κ1) is 41.4. The van der Waals surface area contributed by atoms with E-state index in [0.717, 1.165) is 5.92 Å². The number of nitro benzene ring substituents is 1.